The Morgan fingerprint density at radius 3 is 1.95 bits per heavy atom. The van der Waals surface area contributed by atoms with Gasteiger partial charge in [-0.1, -0.05) is 0 Å². The van der Waals surface area contributed by atoms with Crippen molar-refractivity contribution in [3.8, 4) is 17.2 Å². The van der Waals surface area contributed by atoms with Crippen LogP contribution in [0.2, 0.25) is 0 Å². The quantitative estimate of drug-likeness (QED) is 0.333. The van der Waals surface area contributed by atoms with Crippen molar-refractivity contribution in [2.45, 2.75) is 13.8 Å². The third kappa shape index (κ3) is 4.00. The van der Waals surface area contributed by atoms with Gasteiger partial charge in [0.05, 0.1) is 27.9 Å². The minimum atomic E-state index is -0.663. The van der Waals surface area contributed by atoms with Gasteiger partial charge in [0, 0.05) is 0 Å². The number of hydrogen-bond donors (Lipinski definition) is 0. The minimum absolute atomic E-state index is 0.0453. The zero-order valence-electron chi connectivity index (χ0n) is 13.4. The Kier molecular flexibility index (Phi) is 6.44. The van der Waals surface area contributed by atoms with Crippen molar-refractivity contribution in [1.29, 1.82) is 0 Å². The first kappa shape index (κ1) is 17.6. The third-order valence-corrected chi connectivity index (χ3v) is 2.87. The van der Waals surface area contributed by atoms with Crippen LogP contribution in [0.5, 0.6) is 17.2 Å². The van der Waals surface area contributed by atoms with E-state index in [2.05, 4.69) is 0 Å². The maximum atomic E-state index is 11.8. The van der Waals surface area contributed by atoms with Gasteiger partial charge in [0.15, 0.2) is 17.3 Å². The van der Waals surface area contributed by atoms with Gasteiger partial charge in [-0.25, -0.2) is 4.79 Å². The number of ether oxygens (including phenoxy) is 4. The second-order valence-electron chi connectivity index (χ2n) is 4.29. The van der Waals surface area contributed by atoms with Gasteiger partial charge in [-0.15, -0.1) is 0 Å². The molecule has 0 radical (unpaired) electrons. The summed E-state index contributed by atoms with van der Waals surface area (Å²) in [5, 5.41) is 0. The fraction of sp³-hybridized carbons (Fsp3) is 0.375. The summed E-state index contributed by atoms with van der Waals surface area (Å²) >= 11 is 0. The molecule has 0 bridgehead atoms. The highest BCUT2D eigenvalue weighted by Gasteiger charge is 2.18. The van der Waals surface area contributed by atoms with E-state index in [1.165, 1.54) is 34.3 Å². The highest BCUT2D eigenvalue weighted by Crippen LogP contribution is 2.38. The number of carbonyl (C=O) groups is 2. The summed E-state index contributed by atoms with van der Waals surface area (Å²) in [5.41, 5.74) is 0.517. The summed E-state index contributed by atoms with van der Waals surface area (Å²) in [6.45, 7) is 3.18. The highest BCUT2D eigenvalue weighted by molar-refractivity contribution is 6.19. The fourth-order valence-electron chi connectivity index (χ4n) is 1.86. The van der Waals surface area contributed by atoms with Gasteiger partial charge in [0.1, 0.15) is 5.57 Å². The Labute approximate surface area is 129 Å². The predicted octanol–water partition coefficient (Wildman–Crippen LogP) is 2.25. The summed E-state index contributed by atoms with van der Waals surface area (Å²) in [6, 6.07) is 3.28. The van der Waals surface area contributed by atoms with E-state index in [9.17, 15) is 9.59 Å². The molecule has 0 amide bonds. The van der Waals surface area contributed by atoms with Crippen LogP contribution in [-0.4, -0.2) is 39.7 Å². The molecule has 1 aromatic carbocycles. The molecule has 120 valence electrons. The molecule has 1 rings (SSSR count). The van der Waals surface area contributed by atoms with Crippen molar-refractivity contribution in [2.75, 3.05) is 27.9 Å². The van der Waals surface area contributed by atoms with E-state index in [-0.39, 0.29) is 18.0 Å². The SMILES string of the molecule is CCOC(=O)/C(=C\c1cc(OC)c(OC)c(OC)c1)C(C)=O. The number of Topliss-reactive ketones (excluding diaryl/α,β-unsaturated/α-hetero) is 1. The molecule has 0 N–H and O–H groups in total. The standard InChI is InChI=1S/C16H20O6/c1-6-22-16(18)12(10(2)17)7-11-8-13(19-3)15(21-5)14(9-11)20-4/h7-9H,6H2,1-5H3/b12-7-. The van der Waals surface area contributed by atoms with Gasteiger partial charge in [-0.3, -0.25) is 4.79 Å². The monoisotopic (exact) mass is 308 g/mol. The highest BCUT2D eigenvalue weighted by atomic mass is 16.5. The molecule has 0 aliphatic carbocycles. The lowest BCUT2D eigenvalue weighted by molar-refractivity contribution is -0.139. The molecular weight excluding hydrogens is 288 g/mol. The van der Waals surface area contributed by atoms with Crippen molar-refractivity contribution in [1.82, 2.24) is 0 Å². The summed E-state index contributed by atoms with van der Waals surface area (Å²) in [4.78, 5) is 23.5. The van der Waals surface area contributed by atoms with Crippen LogP contribution in [0.15, 0.2) is 17.7 Å². The number of methoxy groups -OCH3 is 3. The maximum absolute atomic E-state index is 11.8. The van der Waals surface area contributed by atoms with E-state index >= 15 is 0 Å². The summed E-state index contributed by atoms with van der Waals surface area (Å²) in [6.07, 6.45) is 1.44. The second-order valence-corrected chi connectivity index (χ2v) is 4.29. The van der Waals surface area contributed by atoms with Crippen LogP contribution in [0.25, 0.3) is 6.08 Å². The molecule has 0 aliphatic rings. The van der Waals surface area contributed by atoms with Crippen LogP contribution in [0, 0.1) is 0 Å². The molecule has 22 heavy (non-hydrogen) atoms. The molecule has 0 unspecified atom stereocenters. The molecule has 0 aromatic heterocycles. The first-order chi connectivity index (χ1) is 10.5. The van der Waals surface area contributed by atoms with Gasteiger partial charge < -0.3 is 18.9 Å². The number of hydrogen-bond acceptors (Lipinski definition) is 6. The topological polar surface area (TPSA) is 71.1 Å². The van der Waals surface area contributed by atoms with Gasteiger partial charge >= 0.3 is 5.97 Å². The molecule has 0 aliphatic heterocycles. The average molecular weight is 308 g/mol. The average Bonchev–Trinajstić information content (AvgIpc) is 2.51. The molecule has 0 fully saturated rings. The summed E-state index contributed by atoms with van der Waals surface area (Å²) in [5.74, 6) is 0.248. The van der Waals surface area contributed by atoms with E-state index in [0.29, 0.717) is 22.8 Å². The number of rotatable bonds is 7. The molecule has 0 saturated heterocycles. The number of carbonyl (C=O) groups excluding carboxylic acids is 2. The van der Waals surface area contributed by atoms with Crippen LogP contribution in [0.3, 0.4) is 0 Å². The summed E-state index contributed by atoms with van der Waals surface area (Å²) < 4.78 is 20.6. The number of benzene rings is 1. The van der Waals surface area contributed by atoms with Crippen LogP contribution >= 0.6 is 0 Å². The molecule has 0 heterocycles. The lowest BCUT2D eigenvalue weighted by Crippen LogP contribution is -2.13. The fourth-order valence-corrected chi connectivity index (χ4v) is 1.86. The molecular formula is C16H20O6. The lowest BCUT2D eigenvalue weighted by atomic mass is 10.1. The first-order valence-corrected chi connectivity index (χ1v) is 6.68. The van der Waals surface area contributed by atoms with Crippen LogP contribution in [0.1, 0.15) is 19.4 Å². The Bertz CT molecular complexity index is 563. The minimum Gasteiger partial charge on any atom is -0.493 e. The van der Waals surface area contributed by atoms with Crippen molar-refractivity contribution < 1.29 is 28.5 Å². The van der Waals surface area contributed by atoms with Gasteiger partial charge in [-0.2, -0.15) is 0 Å². The first-order valence-electron chi connectivity index (χ1n) is 6.68. The Morgan fingerprint density at radius 2 is 1.59 bits per heavy atom. The Hall–Kier alpha value is -2.50. The number of esters is 1. The van der Waals surface area contributed by atoms with Gasteiger partial charge in [-0.05, 0) is 37.6 Å². The van der Waals surface area contributed by atoms with Crippen LogP contribution < -0.4 is 14.2 Å². The second kappa shape index (κ2) is 8.07. The lowest BCUT2D eigenvalue weighted by Gasteiger charge is -2.13. The van der Waals surface area contributed by atoms with E-state index in [1.54, 1.807) is 19.1 Å². The molecule has 0 saturated carbocycles. The van der Waals surface area contributed by atoms with Crippen molar-refractivity contribution in [2.24, 2.45) is 0 Å². The molecule has 0 atom stereocenters. The van der Waals surface area contributed by atoms with Crippen molar-refractivity contribution >= 4 is 17.8 Å². The molecule has 6 nitrogen and oxygen atoms in total. The zero-order valence-corrected chi connectivity index (χ0v) is 13.4. The molecule has 1 aromatic rings. The van der Waals surface area contributed by atoms with E-state index in [0.717, 1.165) is 0 Å². The normalized spacial score (nSPS) is 10.9. The van der Waals surface area contributed by atoms with Gasteiger partial charge in [0.2, 0.25) is 5.75 Å². The Morgan fingerprint density at radius 1 is 1.05 bits per heavy atom. The zero-order chi connectivity index (χ0) is 16.7. The third-order valence-electron chi connectivity index (χ3n) is 2.87. The van der Waals surface area contributed by atoms with Crippen molar-refractivity contribution in [3.05, 3.63) is 23.3 Å². The van der Waals surface area contributed by atoms with Crippen LogP contribution in [-0.2, 0) is 14.3 Å². The van der Waals surface area contributed by atoms with Gasteiger partial charge in [0.25, 0.3) is 0 Å². The van der Waals surface area contributed by atoms with E-state index in [4.69, 9.17) is 18.9 Å². The molecule has 0 spiro atoms. The van der Waals surface area contributed by atoms with Crippen LogP contribution in [0.4, 0.5) is 0 Å². The predicted molar refractivity (Wildman–Crippen MR) is 81.4 cm³/mol. The maximum Gasteiger partial charge on any atom is 0.341 e. The summed E-state index contributed by atoms with van der Waals surface area (Å²) in [7, 11) is 4.47. The van der Waals surface area contributed by atoms with E-state index in [1.807, 2.05) is 0 Å². The largest absolute Gasteiger partial charge is 0.493 e. The van der Waals surface area contributed by atoms with E-state index < -0.39 is 5.97 Å². The smallest absolute Gasteiger partial charge is 0.341 e. The number of ketones is 1. The van der Waals surface area contributed by atoms with Crippen molar-refractivity contribution in [3.63, 3.8) is 0 Å². The Balaban J connectivity index is 3.38. The molecule has 6 heteroatoms.